The maximum absolute atomic E-state index is 12.2. The van der Waals surface area contributed by atoms with E-state index in [1.54, 1.807) is 4.90 Å². The largest absolute Gasteiger partial charge is 0.353 e. The zero-order valence-corrected chi connectivity index (χ0v) is 14.4. The highest BCUT2D eigenvalue weighted by atomic mass is 32.1. The highest BCUT2D eigenvalue weighted by molar-refractivity contribution is 7.14. The fraction of sp³-hybridized carbons (Fsp3) is 0.706. The maximum atomic E-state index is 12.2. The van der Waals surface area contributed by atoms with E-state index in [0.29, 0.717) is 18.9 Å². The monoisotopic (exact) mass is 335 g/mol. The molecule has 1 aromatic rings. The van der Waals surface area contributed by atoms with Crippen molar-refractivity contribution in [1.29, 1.82) is 0 Å². The molecule has 1 aromatic heterocycles. The number of thiazole rings is 1. The van der Waals surface area contributed by atoms with Gasteiger partial charge in [0, 0.05) is 24.4 Å². The van der Waals surface area contributed by atoms with Crippen molar-refractivity contribution in [3.05, 3.63) is 11.1 Å². The third-order valence-electron chi connectivity index (χ3n) is 4.66. The van der Waals surface area contributed by atoms with Gasteiger partial charge in [-0.25, -0.2) is 4.98 Å². The molecule has 3 rings (SSSR count). The first kappa shape index (κ1) is 16.4. The number of aromatic nitrogens is 1. The summed E-state index contributed by atoms with van der Waals surface area (Å²) in [6.45, 7) is 0.750. The molecule has 2 aliphatic rings. The van der Waals surface area contributed by atoms with Crippen LogP contribution in [0.4, 0.5) is 5.13 Å². The molecule has 1 saturated heterocycles. The summed E-state index contributed by atoms with van der Waals surface area (Å²) < 4.78 is 0. The predicted molar refractivity (Wildman–Crippen MR) is 91.7 cm³/mol. The summed E-state index contributed by atoms with van der Waals surface area (Å²) >= 11 is 1.46. The highest BCUT2D eigenvalue weighted by Gasteiger charge is 2.24. The van der Waals surface area contributed by atoms with Gasteiger partial charge >= 0.3 is 0 Å². The van der Waals surface area contributed by atoms with Gasteiger partial charge in [0.25, 0.3) is 0 Å². The van der Waals surface area contributed by atoms with Crippen LogP contribution in [0.25, 0.3) is 0 Å². The Morgan fingerprint density at radius 3 is 2.65 bits per heavy atom. The molecule has 0 spiro atoms. The Kier molecular flexibility index (Phi) is 5.65. The van der Waals surface area contributed by atoms with Crippen LogP contribution in [0.5, 0.6) is 0 Å². The molecule has 1 N–H and O–H groups in total. The van der Waals surface area contributed by atoms with Crippen molar-refractivity contribution in [1.82, 2.24) is 10.3 Å². The SMILES string of the molecule is O=C(Cc1csc(N2CCCC2=O)n1)NC1CCCCCCC1. The lowest BCUT2D eigenvalue weighted by Gasteiger charge is -2.20. The molecule has 0 atom stereocenters. The number of carbonyl (C=O) groups excluding carboxylic acids is 2. The van der Waals surface area contributed by atoms with E-state index in [1.165, 1.54) is 43.4 Å². The first-order valence-corrected chi connectivity index (χ1v) is 9.64. The Bertz CT molecular complexity index is 550. The first-order chi connectivity index (χ1) is 11.2. The first-order valence-electron chi connectivity index (χ1n) is 8.76. The zero-order chi connectivity index (χ0) is 16.1. The van der Waals surface area contributed by atoms with Crippen molar-refractivity contribution < 1.29 is 9.59 Å². The third-order valence-corrected chi connectivity index (χ3v) is 5.57. The summed E-state index contributed by atoms with van der Waals surface area (Å²) in [6.07, 6.45) is 10.3. The molecule has 0 radical (unpaired) electrons. The van der Waals surface area contributed by atoms with Crippen LogP contribution in [0.3, 0.4) is 0 Å². The van der Waals surface area contributed by atoms with Gasteiger partial charge in [-0.15, -0.1) is 11.3 Å². The number of anilines is 1. The van der Waals surface area contributed by atoms with E-state index >= 15 is 0 Å². The minimum atomic E-state index is 0.0557. The lowest BCUT2D eigenvalue weighted by molar-refractivity contribution is -0.121. The van der Waals surface area contributed by atoms with Crippen LogP contribution in [0.15, 0.2) is 5.38 Å². The van der Waals surface area contributed by atoms with E-state index in [0.717, 1.165) is 36.6 Å². The molecule has 23 heavy (non-hydrogen) atoms. The molecule has 2 amide bonds. The average Bonchev–Trinajstić information content (AvgIpc) is 3.10. The second-order valence-corrected chi connectivity index (χ2v) is 7.39. The standard InChI is InChI=1S/C17H25N3O2S/c21-15(18-13-7-4-2-1-3-5-8-13)11-14-12-23-17(19-14)20-10-6-9-16(20)22/h12-13H,1-11H2,(H,18,21). The topological polar surface area (TPSA) is 62.3 Å². The predicted octanol–water partition coefficient (Wildman–Crippen LogP) is 3.04. The van der Waals surface area contributed by atoms with Crippen LogP contribution in [-0.4, -0.2) is 29.4 Å². The molecule has 2 fully saturated rings. The van der Waals surface area contributed by atoms with E-state index in [2.05, 4.69) is 10.3 Å². The second-order valence-electron chi connectivity index (χ2n) is 6.56. The van der Waals surface area contributed by atoms with Crippen molar-refractivity contribution >= 4 is 28.3 Å². The van der Waals surface area contributed by atoms with Gasteiger partial charge in [-0.3, -0.25) is 14.5 Å². The van der Waals surface area contributed by atoms with Crippen LogP contribution in [-0.2, 0) is 16.0 Å². The van der Waals surface area contributed by atoms with Gasteiger partial charge in [0.05, 0.1) is 12.1 Å². The minimum Gasteiger partial charge on any atom is -0.353 e. The van der Waals surface area contributed by atoms with Crippen molar-refractivity contribution in [2.24, 2.45) is 0 Å². The maximum Gasteiger partial charge on any atom is 0.228 e. The smallest absolute Gasteiger partial charge is 0.228 e. The Morgan fingerprint density at radius 1 is 1.22 bits per heavy atom. The summed E-state index contributed by atoms with van der Waals surface area (Å²) in [5, 5.41) is 5.81. The number of rotatable bonds is 4. The van der Waals surface area contributed by atoms with Gasteiger partial charge in [0.2, 0.25) is 11.8 Å². The van der Waals surface area contributed by atoms with Crippen LogP contribution in [0, 0.1) is 0 Å². The second kappa shape index (κ2) is 7.90. The summed E-state index contributed by atoms with van der Waals surface area (Å²) in [6, 6.07) is 0.320. The number of hydrogen-bond acceptors (Lipinski definition) is 4. The highest BCUT2D eigenvalue weighted by Crippen LogP contribution is 2.25. The number of carbonyl (C=O) groups is 2. The number of amides is 2. The van der Waals surface area contributed by atoms with Crippen molar-refractivity contribution in [3.63, 3.8) is 0 Å². The van der Waals surface area contributed by atoms with E-state index in [4.69, 9.17) is 0 Å². The molecule has 1 aliphatic heterocycles. The molecular weight excluding hydrogens is 310 g/mol. The van der Waals surface area contributed by atoms with Gasteiger partial charge in [0.15, 0.2) is 5.13 Å². The van der Waals surface area contributed by atoms with Crippen molar-refractivity contribution in [2.75, 3.05) is 11.4 Å². The van der Waals surface area contributed by atoms with Gasteiger partial charge < -0.3 is 5.32 Å². The summed E-state index contributed by atoms with van der Waals surface area (Å²) in [7, 11) is 0. The molecule has 6 heteroatoms. The lowest BCUT2D eigenvalue weighted by Crippen LogP contribution is -2.36. The number of nitrogens with one attached hydrogen (secondary N) is 1. The molecule has 5 nitrogen and oxygen atoms in total. The average molecular weight is 335 g/mol. The van der Waals surface area contributed by atoms with E-state index in [9.17, 15) is 9.59 Å². The van der Waals surface area contributed by atoms with Gasteiger partial charge in [-0.05, 0) is 19.3 Å². The van der Waals surface area contributed by atoms with Crippen LogP contribution >= 0.6 is 11.3 Å². The number of hydrogen-bond donors (Lipinski definition) is 1. The fourth-order valence-corrected chi connectivity index (χ4v) is 4.26. The summed E-state index contributed by atoms with van der Waals surface area (Å²) in [4.78, 5) is 30.2. The van der Waals surface area contributed by atoms with Gasteiger partial charge in [-0.1, -0.05) is 32.1 Å². The van der Waals surface area contributed by atoms with E-state index < -0.39 is 0 Å². The normalized spacial score (nSPS) is 20.3. The molecule has 0 aromatic carbocycles. The van der Waals surface area contributed by atoms with Crippen LogP contribution in [0.1, 0.15) is 63.5 Å². The molecule has 0 bridgehead atoms. The van der Waals surface area contributed by atoms with E-state index in [1.807, 2.05) is 5.38 Å². The fourth-order valence-electron chi connectivity index (χ4n) is 3.40. The Balaban J connectivity index is 1.51. The van der Waals surface area contributed by atoms with E-state index in [-0.39, 0.29) is 11.8 Å². The molecule has 1 saturated carbocycles. The van der Waals surface area contributed by atoms with Crippen molar-refractivity contribution in [2.45, 2.75) is 70.3 Å². The third kappa shape index (κ3) is 4.53. The Morgan fingerprint density at radius 2 is 1.96 bits per heavy atom. The van der Waals surface area contributed by atoms with Crippen LogP contribution < -0.4 is 10.2 Å². The molecule has 126 valence electrons. The lowest BCUT2D eigenvalue weighted by atomic mass is 9.96. The van der Waals surface area contributed by atoms with Gasteiger partial charge in [0.1, 0.15) is 0 Å². The van der Waals surface area contributed by atoms with Crippen molar-refractivity contribution in [3.8, 4) is 0 Å². The molecule has 0 unspecified atom stereocenters. The zero-order valence-electron chi connectivity index (χ0n) is 13.6. The van der Waals surface area contributed by atoms with Crippen LogP contribution in [0.2, 0.25) is 0 Å². The van der Waals surface area contributed by atoms with Gasteiger partial charge in [-0.2, -0.15) is 0 Å². The number of nitrogens with zero attached hydrogens (tertiary/aromatic N) is 2. The quantitative estimate of drug-likeness (QED) is 0.920. The summed E-state index contributed by atoms with van der Waals surface area (Å²) in [5.41, 5.74) is 0.771. The Labute approximate surface area is 141 Å². The molecule has 1 aliphatic carbocycles. The minimum absolute atomic E-state index is 0.0557. The summed E-state index contributed by atoms with van der Waals surface area (Å²) in [5.74, 6) is 0.199. The molecular formula is C17H25N3O2S. The molecule has 2 heterocycles. The Hall–Kier alpha value is -1.43.